The first-order valence-corrected chi connectivity index (χ1v) is 22.6. The van der Waals surface area contributed by atoms with Crippen LogP contribution < -0.4 is 10.6 Å². The Labute approximate surface area is 379 Å². The number of rotatable bonds is 11. The van der Waals surface area contributed by atoms with Crippen LogP contribution >= 0.6 is 0 Å². The fourth-order valence-electron chi connectivity index (χ4n) is 11.0. The smallest absolute Gasteiger partial charge is 0.407 e. The molecule has 4 fully saturated rings. The number of likely N-dealkylation sites (tertiary alicyclic amines) is 2. The first kappa shape index (κ1) is 43.1. The van der Waals surface area contributed by atoms with Gasteiger partial charge < -0.3 is 39.9 Å². The number of alkyl halides is 2. The van der Waals surface area contributed by atoms with Gasteiger partial charge in [0.05, 0.1) is 55.3 Å². The molecule has 2 saturated heterocycles. The number of carbonyl (C=O) groups is 4. The van der Waals surface area contributed by atoms with Gasteiger partial charge >= 0.3 is 12.2 Å². The first-order chi connectivity index (χ1) is 31.7. The lowest BCUT2D eigenvalue weighted by Crippen LogP contribution is -2.51. The SMILES string of the molecule is COC(=O)N[C@@H](CCC#N)C(=O)N1[C@@H]2CC[C@@H](C2)[C@H]1c1nc2ccc(-c3ccc4c(c3)C(F)(F)c3cc(-c5cnc(C6CC7(CC7)CN6C(=O)[C@@H](NC(=O)OC)C(C)C)[nH]5)ccc3-4)cc2[nH]1. The highest BCUT2D eigenvalue weighted by molar-refractivity contribution is 5.89. The minimum atomic E-state index is -3.30. The Hall–Kier alpha value is -6.83. The van der Waals surface area contributed by atoms with Gasteiger partial charge in [0.15, 0.2) is 0 Å². The number of carbonyl (C=O) groups excluding carboxylic acids is 4. The highest BCUT2D eigenvalue weighted by atomic mass is 19.3. The van der Waals surface area contributed by atoms with Gasteiger partial charge in [-0.3, -0.25) is 9.59 Å². The van der Waals surface area contributed by atoms with Crippen molar-refractivity contribution in [3.8, 4) is 39.6 Å². The topological polar surface area (TPSA) is 198 Å². The van der Waals surface area contributed by atoms with E-state index in [1.54, 1.807) is 35.4 Å². The van der Waals surface area contributed by atoms with Gasteiger partial charge in [0.1, 0.15) is 23.7 Å². The zero-order chi connectivity index (χ0) is 46.2. The van der Waals surface area contributed by atoms with Crippen molar-refractivity contribution in [2.45, 2.75) is 101 Å². The number of ether oxygens (including phenoxy) is 2. The predicted molar refractivity (Wildman–Crippen MR) is 237 cm³/mol. The van der Waals surface area contributed by atoms with Gasteiger partial charge in [0.2, 0.25) is 11.8 Å². The third-order valence-electron chi connectivity index (χ3n) is 14.6. The molecule has 5 aromatic rings. The quantitative estimate of drug-likeness (QED) is 0.101. The van der Waals surface area contributed by atoms with Crippen LogP contribution in [0.1, 0.15) is 100 Å². The maximum absolute atomic E-state index is 16.7. The van der Waals surface area contributed by atoms with Crippen molar-refractivity contribution < 1.29 is 37.4 Å². The van der Waals surface area contributed by atoms with Crippen LogP contribution in [0.5, 0.6) is 0 Å². The van der Waals surface area contributed by atoms with E-state index in [4.69, 9.17) is 19.4 Å². The summed E-state index contributed by atoms with van der Waals surface area (Å²) >= 11 is 0. The van der Waals surface area contributed by atoms with Gasteiger partial charge in [-0.25, -0.2) is 19.6 Å². The lowest BCUT2D eigenvalue weighted by atomic mass is 9.97. The molecule has 2 aliphatic heterocycles. The number of hydrogen-bond acceptors (Lipinski definition) is 9. The second kappa shape index (κ2) is 16.2. The summed E-state index contributed by atoms with van der Waals surface area (Å²) in [5.41, 5.74) is 4.47. The molecule has 2 aromatic heterocycles. The molecular weight excluding hydrogens is 849 g/mol. The second-order valence-corrected chi connectivity index (χ2v) is 19.0. The van der Waals surface area contributed by atoms with E-state index < -0.39 is 30.2 Å². The van der Waals surface area contributed by atoms with Crippen LogP contribution in [0.2, 0.25) is 0 Å². The molecule has 0 radical (unpaired) electrons. The number of piperidine rings is 1. The number of nitriles is 1. The second-order valence-electron chi connectivity index (χ2n) is 19.0. The van der Waals surface area contributed by atoms with Gasteiger partial charge in [0.25, 0.3) is 5.92 Å². The largest absolute Gasteiger partial charge is 0.453 e. The van der Waals surface area contributed by atoms with Crippen molar-refractivity contribution in [1.82, 2.24) is 40.4 Å². The lowest BCUT2D eigenvalue weighted by Gasteiger charge is -2.36. The fraction of sp³-hybridized carbons (Fsp3) is 0.449. The molecular formula is C49H51F2N9O6. The normalized spacial score (nSPS) is 22.5. The van der Waals surface area contributed by atoms with Crippen LogP contribution in [0, 0.1) is 28.6 Å². The molecule has 5 aliphatic rings. The molecule has 15 nitrogen and oxygen atoms in total. The molecule has 342 valence electrons. The standard InChI is InChI=1S/C49H51F2N9O6/c1-25(2)40(58-47(64)66-4)45(62)59-24-48(15-16-48)22-39(59)42-53-23-38(56-42)28-9-13-32-31-12-8-26(19-33(31)49(50,51)34(32)20-28)27-10-14-35-37(21-27)55-43(54-35)41-29-7-11-30(18-29)60(41)44(61)36(6-5-17-52)57-46(63)65-3/h8-10,12-14,19-21,23,25,29-30,36,39-41H,5-7,11,15-16,18,22,24H2,1-4H3,(H,53,56)(H,54,55)(H,57,63)(H,58,64)/t29-,30+,36-,39?,40-,41-/m0/s1. The average molecular weight is 900 g/mol. The fourth-order valence-corrected chi connectivity index (χ4v) is 11.0. The third-order valence-corrected chi connectivity index (χ3v) is 14.6. The summed E-state index contributed by atoms with van der Waals surface area (Å²) in [4.78, 5) is 72.3. The minimum absolute atomic E-state index is 0.00300. The molecule has 3 aromatic carbocycles. The lowest BCUT2D eigenvalue weighted by molar-refractivity contribution is -0.138. The number of aromatic nitrogens is 4. The Bertz CT molecular complexity index is 2830. The monoisotopic (exact) mass is 899 g/mol. The number of imidazole rings is 2. The molecule has 4 N–H and O–H groups in total. The van der Waals surface area contributed by atoms with E-state index in [2.05, 4.69) is 26.7 Å². The minimum Gasteiger partial charge on any atom is -0.453 e. The van der Waals surface area contributed by atoms with Crippen molar-refractivity contribution >= 4 is 35.0 Å². The summed E-state index contributed by atoms with van der Waals surface area (Å²) in [5.74, 6) is -2.64. The van der Waals surface area contributed by atoms with Crippen LogP contribution in [0.3, 0.4) is 0 Å². The summed E-state index contributed by atoms with van der Waals surface area (Å²) in [7, 11) is 2.49. The molecule has 1 unspecified atom stereocenters. The van der Waals surface area contributed by atoms with E-state index in [1.807, 2.05) is 43.0 Å². The number of alkyl carbamates (subject to hydrolysis) is 2. The number of nitrogens with one attached hydrogen (secondary N) is 4. The maximum Gasteiger partial charge on any atom is 0.407 e. The number of benzene rings is 3. The third kappa shape index (κ3) is 7.30. The Kier molecular flexibility index (Phi) is 10.6. The van der Waals surface area contributed by atoms with Gasteiger partial charge in [0, 0.05) is 35.7 Å². The predicted octanol–water partition coefficient (Wildman–Crippen LogP) is 8.26. The summed E-state index contributed by atoms with van der Waals surface area (Å²) in [5, 5.41) is 14.6. The Morgan fingerprint density at radius 3 is 2.27 bits per heavy atom. The van der Waals surface area contributed by atoms with Gasteiger partial charge in [-0.2, -0.15) is 14.0 Å². The average Bonchev–Trinajstić information content (AvgIpc) is 3.98. The van der Waals surface area contributed by atoms with E-state index in [1.165, 1.54) is 20.3 Å². The van der Waals surface area contributed by atoms with Crippen molar-refractivity contribution in [2.24, 2.45) is 17.3 Å². The van der Waals surface area contributed by atoms with Gasteiger partial charge in [-0.15, -0.1) is 0 Å². The van der Waals surface area contributed by atoms with Crippen LogP contribution in [-0.2, 0) is 25.0 Å². The van der Waals surface area contributed by atoms with E-state index >= 15 is 8.78 Å². The number of H-pyrrole nitrogens is 2. The van der Waals surface area contributed by atoms with Crippen molar-refractivity contribution in [3.05, 3.63) is 83.6 Å². The number of halogens is 2. The number of methoxy groups -OCH3 is 2. The molecule has 2 bridgehead atoms. The molecule has 2 saturated carbocycles. The molecule has 66 heavy (non-hydrogen) atoms. The van der Waals surface area contributed by atoms with Crippen molar-refractivity contribution in [2.75, 3.05) is 20.8 Å². The first-order valence-electron chi connectivity index (χ1n) is 22.6. The van der Waals surface area contributed by atoms with E-state index in [0.717, 1.165) is 32.1 Å². The number of nitrogens with zero attached hydrogens (tertiary/aromatic N) is 5. The number of hydrogen-bond donors (Lipinski definition) is 4. The van der Waals surface area contributed by atoms with Crippen LogP contribution in [0.4, 0.5) is 18.4 Å². The zero-order valence-corrected chi connectivity index (χ0v) is 37.1. The van der Waals surface area contributed by atoms with Crippen molar-refractivity contribution in [1.29, 1.82) is 5.26 Å². The molecule has 4 heterocycles. The number of fused-ring (bicyclic) bond motifs is 6. The highest BCUT2D eigenvalue weighted by Crippen LogP contribution is 2.59. The van der Waals surface area contributed by atoms with Crippen molar-refractivity contribution in [3.63, 3.8) is 0 Å². The number of aromatic amines is 2. The molecule has 1 spiro atoms. The Morgan fingerprint density at radius 2 is 1.58 bits per heavy atom. The van der Waals surface area contributed by atoms with Gasteiger partial charge in [-0.1, -0.05) is 44.2 Å². The summed E-state index contributed by atoms with van der Waals surface area (Å²) < 4.78 is 42.9. The Morgan fingerprint density at radius 1 is 0.894 bits per heavy atom. The van der Waals surface area contributed by atoms with E-state index in [0.29, 0.717) is 69.2 Å². The summed E-state index contributed by atoms with van der Waals surface area (Å²) in [6, 6.07) is 15.4. The van der Waals surface area contributed by atoms with Crippen LogP contribution in [-0.4, -0.2) is 92.6 Å². The van der Waals surface area contributed by atoms with Gasteiger partial charge in [-0.05, 0) is 109 Å². The Balaban J connectivity index is 0.892. The highest BCUT2D eigenvalue weighted by Gasteiger charge is 2.56. The van der Waals surface area contributed by atoms with Crippen LogP contribution in [0.15, 0.2) is 60.8 Å². The molecule has 10 rings (SSSR count). The molecule has 4 amide bonds. The molecule has 6 atom stereocenters. The van der Waals surface area contributed by atoms with E-state index in [9.17, 15) is 24.4 Å². The molecule has 17 heteroatoms. The molecule has 3 aliphatic carbocycles. The summed E-state index contributed by atoms with van der Waals surface area (Å²) in [6.45, 7) is 4.28. The zero-order valence-electron chi connectivity index (χ0n) is 37.1. The van der Waals surface area contributed by atoms with Crippen LogP contribution in [0.25, 0.3) is 44.5 Å². The summed E-state index contributed by atoms with van der Waals surface area (Å²) in [6.07, 6.45) is 5.70. The van der Waals surface area contributed by atoms with E-state index in [-0.39, 0.29) is 71.2 Å². The number of amides is 4. The maximum atomic E-state index is 16.7.